The van der Waals surface area contributed by atoms with Crippen molar-refractivity contribution in [1.29, 1.82) is 0 Å². The molecule has 3 rings (SSSR count). The van der Waals surface area contributed by atoms with Crippen molar-refractivity contribution in [3.8, 4) is 0 Å². The van der Waals surface area contributed by atoms with Crippen LogP contribution in [-0.4, -0.2) is 29.2 Å². The highest BCUT2D eigenvalue weighted by molar-refractivity contribution is 7.10. The van der Waals surface area contributed by atoms with Gasteiger partial charge in [-0.25, -0.2) is 0 Å². The first kappa shape index (κ1) is 17.0. The quantitative estimate of drug-likeness (QED) is 0.738. The number of aromatic nitrogens is 2. The Kier molecular flexibility index (Phi) is 5.58. The van der Waals surface area contributed by atoms with Gasteiger partial charge < -0.3 is 14.4 Å². The van der Waals surface area contributed by atoms with Crippen molar-refractivity contribution in [2.45, 2.75) is 25.8 Å². The van der Waals surface area contributed by atoms with Gasteiger partial charge in [0, 0.05) is 30.5 Å². The molecule has 0 spiro atoms. The SMILES string of the molecule is CCC(C(Cc1ccccc1)C1=COCO1)N(C)c1nc(Cl)ns1. The van der Waals surface area contributed by atoms with E-state index >= 15 is 0 Å². The molecule has 0 fully saturated rings. The predicted octanol–water partition coefficient (Wildman–Crippen LogP) is 4.11. The number of ether oxygens (including phenoxy) is 2. The molecule has 24 heavy (non-hydrogen) atoms. The minimum atomic E-state index is 0.160. The van der Waals surface area contributed by atoms with E-state index in [4.69, 9.17) is 21.1 Å². The van der Waals surface area contributed by atoms with Crippen LogP contribution in [0.4, 0.5) is 5.13 Å². The minimum absolute atomic E-state index is 0.160. The average molecular weight is 366 g/mol. The molecule has 0 aliphatic carbocycles. The topological polar surface area (TPSA) is 47.5 Å². The van der Waals surface area contributed by atoms with Gasteiger partial charge in [0.2, 0.25) is 17.2 Å². The van der Waals surface area contributed by atoms with Gasteiger partial charge >= 0.3 is 0 Å². The Morgan fingerprint density at radius 1 is 1.33 bits per heavy atom. The van der Waals surface area contributed by atoms with Crippen LogP contribution in [0.3, 0.4) is 0 Å². The number of hydrogen-bond acceptors (Lipinski definition) is 6. The van der Waals surface area contributed by atoms with Gasteiger partial charge in [0.1, 0.15) is 12.0 Å². The zero-order valence-electron chi connectivity index (χ0n) is 13.7. The summed E-state index contributed by atoms with van der Waals surface area (Å²) >= 11 is 7.20. The van der Waals surface area contributed by atoms with E-state index in [9.17, 15) is 0 Å². The standard InChI is InChI=1S/C17H20ClN3O2S/c1-3-14(21(2)17-19-16(18)20-24-17)13(15-10-22-11-23-15)9-12-7-5-4-6-8-12/h4-8,10,13-14H,3,9,11H2,1-2H3. The first-order valence-corrected chi connectivity index (χ1v) is 9.04. The monoisotopic (exact) mass is 365 g/mol. The summed E-state index contributed by atoms with van der Waals surface area (Å²) in [5.41, 5.74) is 1.26. The third-order valence-corrected chi connectivity index (χ3v) is 5.31. The van der Waals surface area contributed by atoms with Crippen molar-refractivity contribution in [2.24, 2.45) is 5.92 Å². The highest BCUT2D eigenvalue weighted by Crippen LogP contribution is 2.32. The van der Waals surface area contributed by atoms with Crippen LogP contribution in [0.25, 0.3) is 0 Å². The first-order chi connectivity index (χ1) is 11.7. The molecule has 0 amide bonds. The molecule has 0 bridgehead atoms. The second kappa shape index (κ2) is 7.85. The van der Waals surface area contributed by atoms with E-state index in [2.05, 4.69) is 45.4 Å². The Morgan fingerprint density at radius 2 is 2.12 bits per heavy atom. The minimum Gasteiger partial charge on any atom is -0.462 e. The second-order valence-corrected chi connectivity index (χ2v) is 6.75. The van der Waals surface area contributed by atoms with E-state index in [-0.39, 0.29) is 24.0 Å². The van der Waals surface area contributed by atoms with Crippen molar-refractivity contribution in [3.63, 3.8) is 0 Å². The lowest BCUT2D eigenvalue weighted by Crippen LogP contribution is -2.39. The lowest BCUT2D eigenvalue weighted by Gasteiger charge is -2.33. The molecular formula is C17H20ClN3O2S. The zero-order chi connectivity index (χ0) is 16.9. The Labute approximate surface area is 151 Å². The van der Waals surface area contributed by atoms with Crippen molar-refractivity contribution in [1.82, 2.24) is 9.36 Å². The van der Waals surface area contributed by atoms with Crippen LogP contribution in [0.2, 0.25) is 5.28 Å². The summed E-state index contributed by atoms with van der Waals surface area (Å²) < 4.78 is 15.1. The first-order valence-electron chi connectivity index (χ1n) is 7.89. The lowest BCUT2D eigenvalue weighted by atomic mass is 9.88. The van der Waals surface area contributed by atoms with E-state index < -0.39 is 0 Å². The predicted molar refractivity (Wildman–Crippen MR) is 96.2 cm³/mol. The smallest absolute Gasteiger partial charge is 0.236 e. The number of nitrogens with zero attached hydrogens (tertiary/aromatic N) is 3. The molecule has 0 radical (unpaired) electrons. The van der Waals surface area contributed by atoms with Gasteiger partial charge in [-0.1, -0.05) is 37.3 Å². The summed E-state index contributed by atoms with van der Waals surface area (Å²) in [5.74, 6) is 1.04. The fourth-order valence-electron chi connectivity index (χ4n) is 3.05. The molecule has 7 heteroatoms. The van der Waals surface area contributed by atoms with Crippen molar-refractivity contribution in [2.75, 3.05) is 18.7 Å². The van der Waals surface area contributed by atoms with Crippen molar-refractivity contribution in [3.05, 3.63) is 53.2 Å². The molecule has 2 atom stereocenters. The van der Waals surface area contributed by atoms with Crippen LogP contribution in [0.1, 0.15) is 18.9 Å². The molecule has 128 valence electrons. The summed E-state index contributed by atoms with van der Waals surface area (Å²) in [4.78, 5) is 6.44. The van der Waals surface area contributed by atoms with Crippen LogP contribution < -0.4 is 4.90 Å². The number of anilines is 1. The maximum Gasteiger partial charge on any atom is 0.236 e. The number of rotatable bonds is 7. The Bertz CT molecular complexity index is 692. The number of halogens is 1. The normalized spacial score (nSPS) is 16.0. The Hall–Kier alpha value is -1.79. The highest BCUT2D eigenvalue weighted by Gasteiger charge is 2.32. The Balaban J connectivity index is 1.87. The van der Waals surface area contributed by atoms with Gasteiger partial charge in [-0.2, -0.15) is 9.36 Å². The third kappa shape index (κ3) is 3.82. The highest BCUT2D eigenvalue weighted by atomic mass is 35.5. The van der Waals surface area contributed by atoms with E-state index in [1.165, 1.54) is 17.1 Å². The summed E-state index contributed by atoms with van der Waals surface area (Å²) in [6.45, 7) is 2.45. The fraction of sp³-hybridized carbons (Fsp3) is 0.412. The number of benzene rings is 1. The van der Waals surface area contributed by atoms with Gasteiger partial charge in [-0.15, -0.1) is 0 Å². The molecule has 1 aliphatic heterocycles. The molecule has 5 nitrogen and oxygen atoms in total. The van der Waals surface area contributed by atoms with E-state index in [0.29, 0.717) is 0 Å². The van der Waals surface area contributed by atoms with Gasteiger partial charge in [-0.05, 0) is 30.0 Å². The van der Waals surface area contributed by atoms with Crippen LogP contribution in [0.5, 0.6) is 0 Å². The molecule has 1 aromatic carbocycles. The number of hydrogen-bond donors (Lipinski definition) is 0. The van der Waals surface area contributed by atoms with Crippen LogP contribution >= 0.6 is 23.1 Å². The fourth-order valence-corrected chi connectivity index (χ4v) is 3.88. The molecule has 1 aliphatic rings. The summed E-state index contributed by atoms with van der Waals surface area (Å²) in [7, 11) is 2.03. The zero-order valence-corrected chi connectivity index (χ0v) is 15.3. The molecule has 2 unspecified atom stereocenters. The van der Waals surface area contributed by atoms with E-state index in [0.717, 1.165) is 23.7 Å². The third-order valence-electron chi connectivity index (χ3n) is 4.23. The maximum absolute atomic E-state index is 5.89. The molecule has 2 heterocycles. The molecular weight excluding hydrogens is 346 g/mol. The van der Waals surface area contributed by atoms with Gasteiger partial charge in [0.05, 0.1) is 0 Å². The van der Waals surface area contributed by atoms with Crippen LogP contribution in [0.15, 0.2) is 42.4 Å². The lowest BCUT2D eigenvalue weighted by molar-refractivity contribution is 0.0678. The molecule has 0 saturated carbocycles. The maximum atomic E-state index is 5.89. The van der Waals surface area contributed by atoms with Crippen LogP contribution in [0, 0.1) is 5.92 Å². The molecule has 0 saturated heterocycles. The van der Waals surface area contributed by atoms with E-state index in [1.54, 1.807) is 6.26 Å². The summed E-state index contributed by atoms with van der Waals surface area (Å²) in [6.07, 6.45) is 3.54. The van der Waals surface area contributed by atoms with Gasteiger partial charge in [0.15, 0.2) is 0 Å². The summed E-state index contributed by atoms with van der Waals surface area (Å²) in [5, 5.41) is 1.10. The molecule has 1 aromatic heterocycles. The van der Waals surface area contributed by atoms with Crippen molar-refractivity contribution >= 4 is 28.3 Å². The molecule has 2 aromatic rings. The average Bonchev–Trinajstić information content (AvgIpc) is 3.27. The van der Waals surface area contributed by atoms with Crippen molar-refractivity contribution < 1.29 is 9.47 Å². The summed E-state index contributed by atoms with van der Waals surface area (Å²) in [6, 6.07) is 10.6. The van der Waals surface area contributed by atoms with Gasteiger partial charge in [0.25, 0.3) is 0 Å². The largest absolute Gasteiger partial charge is 0.462 e. The van der Waals surface area contributed by atoms with Crippen LogP contribution in [-0.2, 0) is 15.9 Å². The van der Waals surface area contributed by atoms with E-state index in [1.807, 2.05) is 13.1 Å². The Morgan fingerprint density at radius 3 is 2.71 bits per heavy atom. The van der Waals surface area contributed by atoms with Gasteiger partial charge in [-0.3, -0.25) is 0 Å². The second-order valence-electron chi connectivity index (χ2n) is 5.68. The molecule has 0 N–H and O–H groups in total.